The summed E-state index contributed by atoms with van der Waals surface area (Å²) in [4.78, 5) is 12.9. The van der Waals surface area contributed by atoms with Gasteiger partial charge in [-0.2, -0.15) is 0 Å². The largest absolute Gasteiger partial charge is 0.387 e. The van der Waals surface area contributed by atoms with Crippen LogP contribution in [0.25, 0.3) is 0 Å². The highest BCUT2D eigenvalue weighted by Crippen LogP contribution is 2.26. The smallest absolute Gasteiger partial charge is 0.184 e. The van der Waals surface area contributed by atoms with Crippen LogP contribution in [-0.2, 0) is 9.53 Å². The van der Waals surface area contributed by atoms with E-state index in [1.165, 1.54) is 0 Å². The summed E-state index contributed by atoms with van der Waals surface area (Å²) < 4.78 is 4.93. The van der Waals surface area contributed by atoms with Gasteiger partial charge in [-0.1, -0.05) is 12.8 Å². The quantitative estimate of drug-likeness (QED) is 0.462. The summed E-state index contributed by atoms with van der Waals surface area (Å²) in [5, 5.41) is 38.7. The minimum absolute atomic E-state index is 0.0113. The summed E-state index contributed by atoms with van der Waals surface area (Å²) in [6.07, 6.45) is -3.21. The molecule has 5 atom stereocenters. The van der Waals surface area contributed by atoms with E-state index in [1.807, 2.05) is 0 Å². The molecule has 0 aromatic rings. The van der Waals surface area contributed by atoms with E-state index in [0.29, 0.717) is 13.1 Å². The van der Waals surface area contributed by atoms with E-state index in [-0.39, 0.29) is 5.70 Å². The Bertz CT molecular complexity index is 375. The maximum atomic E-state index is 11.2. The summed E-state index contributed by atoms with van der Waals surface area (Å²) in [5.74, 6) is 1.71. The standard InChI is InChI=1S/C13H21NO6/c15-7-8(14-5-3-1-2-4-6-14)9(16)12-10(17)11(18)13(19)20-12/h9-13,16-19H,1-6H2/t9-,10-,11-,12-,13+/m1/s1. The molecule has 0 radical (unpaired) electrons. The number of hydrogen-bond donors (Lipinski definition) is 4. The van der Waals surface area contributed by atoms with Crippen LogP contribution in [0.3, 0.4) is 0 Å². The summed E-state index contributed by atoms with van der Waals surface area (Å²) in [7, 11) is 0. The monoisotopic (exact) mass is 287 g/mol. The van der Waals surface area contributed by atoms with E-state index in [1.54, 1.807) is 10.8 Å². The first-order valence-electron chi connectivity index (χ1n) is 6.94. The van der Waals surface area contributed by atoms with Crippen molar-refractivity contribution in [3.05, 3.63) is 5.70 Å². The minimum Gasteiger partial charge on any atom is -0.387 e. The van der Waals surface area contributed by atoms with E-state index in [4.69, 9.17) is 4.74 Å². The molecule has 7 nitrogen and oxygen atoms in total. The lowest BCUT2D eigenvalue weighted by atomic mass is 10.0. The van der Waals surface area contributed by atoms with Crippen molar-refractivity contribution >= 4 is 5.94 Å². The zero-order chi connectivity index (χ0) is 14.7. The Labute approximate surface area is 117 Å². The van der Waals surface area contributed by atoms with E-state index < -0.39 is 30.7 Å². The summed E-state index contributed by atoms with van der Waals surface area (Å²) >= 11 is 0. The lowest BCUT2D eigenvalue weighted by molar-refractivity contribution is -0.143. The average molecular weight is 287 g/mol. The summed E-state index contributed by atoms with van der Waals surface area (Å²) in [6, 6.07) is 0. The maximum absolute atomic E-state index is 11.2. The number of ether oxygens (including phenoxy) is 1. The first-order chi connectivity index (χ1) is 9.56. The summed E-state index contributed by atoms with van der Waals surface area (Å²) in [5.41, 5.74) is 0.0113. The molecular weight excluding hydrogens is 266 g/mol. The number of nitrogens with zero attached hydrogens (tertiary/aromatic N) is 1. The van der Waals surface area contributed by atoms with Crippen LogP contribution in [0.15, 0.2) is 5.70 Å². The lowest BCUT2D eigenvalue weighted by Crippen LogP contribution is -2.44. The van der Waals surface area contributed by atoms with Gasteiger partial charge in [-0.05, 0) is 12.8 Å². The second-order valence-electron chi connectivity index (χ2n) is 5.31. The molecule has 2 aliphatic rings. The van der Waals surface area contributed by atoms with Crippen molar-refractivity contribution in [2.75, 3.05) is 13.1 Å². The number of hydrogen-bond acceptors (Lipinski definition) is 7. The van der Waals surface area contributed by atoms with Crippen LogP contribution in [0.4, 0.5) is 0 Å². The Hall–Kier alpha value is -0.950. The molecule has 20 heavy (non-hydrogen) atoms. The van der Waals surface area contributed by atoms with Crippen molar-refractivity contribution in [1.82, 2.24) is 4.90 Å². The molecule has 0 aliphatic carbocycles. The molecular formula is C13H21NO6. The first kappa shape index (κ1) is 15.4. The number of rotatable bonds is 3. The van der Waals surface area contributed by atoms with Crippen LogP contribution in [0.2, 0.25) is 0 Å². The molecule has 2 fully saturated rings. The third-order valence-electron chi connectivity index (χ3n) is 3.92. The highest BCUT2D eigenvalue weighted by molar-refractivity contribution is 5.53. The van der Waals surface area contributed by atoms with E-state index in [0.717, 1.165) is 25.7 Å². The number of aliphatic hydroxyl groups is 4. The maximum Gasteiger partial charge on any atom is 0.184 e. The van der Waals surface area contributed by atoms with Gasteiger partial charge in [0.25, 0.3) is 0 Å². The second-order valence-corrected chi connectivity index (χ2v) is 5.31. The van der Waals surface area contributed by atoms with Gasteiger partial charge < -0.3 is 30.1 Å². The molecule has 2 saturated heterocycles. The van der Waals surface area contributed by atoms with Gasteiger partial charge in [0.2, 0.25) is 0 Å². The predicted octanol–water partition coefficient (Wildman–Crippen LogP) is -1.62. The molecule has 4 N–H and O–H groups in total. The van der Waals surface area contributed by atoms with Gasteiger partial charge in [-0.15, -0.1) is 0 Å². The minimum atomic E-state index is -1.57. The number of carbonyl (C=O) groups excluding carboxylic acids is 1. The fourth-order valence-electron chi connectivity index (χ4n) is 2.73. The molecule has 2 rings (SSSR count). The van der Waals surface area contributed by atoms with Crippen LogP contribution in [0, 0.1) is 0 Å². The highest BCUT2D eigenvalue weighted by Gasteiger charge is 2.47. The molecule has 0 saturated carbocycles. The molecule has 2 heterocycles. The van der Waals surface area contributed by atoms with Gasteiger partial charge in [0.05, 0.1) is 0 Å². The van der Waals surface area contributed by atoms with Gasteiger partial charge >= 0.3 is 0 Å². The lowest BCUT2D eigenvalue weighted by Gasteiger charge is -2.29. The third-order valence-corrected chi connectivity index (χ3v) is 3.92. The average Bonchev–Trinajstić information content (AvgIpc) is 2.67. The predicted molar refractivity (Wildman–Crippen MR) is 68.1 cm³/mol. The van der Waals surface area contributed by atoms with Gasteiger partial charge in [0.1, 0.15) is 36.1 Å². The summed E-state index contributed by atoms with van der Waals surface area (Å²) in [6.45, 7) is 1.27. The Morgan fingerprint density at radius 2 is 1.70 bits per heavy atom. The Morgan fingerprint density at radius 3 is 2.15 bits per heavy atom. The zero-order valence-electron chi connectivity index (χ0n) is 11.2. The van der Waals surface area contributed by atoms with Crippen molar-refractivity contribution in [1.29, 1.82) is 0 Å². The highest BCUT2D eigenvalue weighted by atomic mass is 16.6. The van der Waals surface area contributed by atoms with Crippen LogP contribution in [-0.4, -0.2) is 75.1 Å². The van der Waals surface area contributed by atoms with E-state index in [2.05, 4.69) is 0 Å². The molecule has 0 bridgehead atoms. The Morgan fingerprint density at radius 1 is 1.10 bits per heavy atom. The van der Waals surface area contributed by atoms with Crippen molar-refractivity contribution in [2.45, 2.75) is 56.4 Å². The molecule has 114 valence electrons. The van der Waals surface area contributed by atoms with Crippen molar-refractivity contribution in [2.24, 2.45) is 0 Å². The number of aliphatic hydroxyl groups excluding tert-OH is 4. The van der Waals surface area contributed by atoms with Crippen LogP contribution in [0.5, 0.6) is 0 Å². The molecule has 0 unspecified atom stereocenters. The van der Waals surface area contributed by atoms with Crippen LogP contribution in [0.1, 0.15) is 25.7 Å². The van der Waals surface area contributed by atoms with Gasteiger partial charge in [-0.3, -0.25) is 0 Å². The van der Waals surface area contributed by atoms with Crippen LogP contribution >= 0.6 is 0 Å². The van der Waals surface area contributed by atoms with Crippen LogP contribution < -0.4 is 0 Å². The first-order valence-corrected chi connectivity index (χ1v) is 6.94. The normalized spacial score (nSPS) is 36.3. The fourth-order valence-corrected chi connectivity index (χ4v) is 2.73. The molecule has 0 aromatic carbocycles. The second kappa shape index (κ2) is 6.67. The third kappa shape index (κ3) is 3.03. The van der Waals surface area contributed by atoms with Gasteiger partial charge in [0.15, 0.2) is 6.29 Å². The zero-order valence-corrected chi connectivity index (χ0v) is 11.2. The van der Waals surface area contributed by atoms with Gasteiger partial charge in [0, 0.05) is 13.1 Å². The molecule has 0 aromatic heterocycles. The molecule has 0 spiro atoms. The Balaban J connectivity index is 2.09. The van der Waals surface area contributed by atoms with Crippen molar-refractivity contribution in [3.8, 4) is 0 Å². The SMILES string of the molecule is O=C=C([C@@H](O)[C@H]1O[C@H](O)[C@H](O)[C@H]1O)N1CCCCCC1. The van der Waals surface area contributed by atoms with Gasteiger partial charge in [-0.25, -0.2) is 4.79 Å². The number of likely N-dealkylation sites (tertiary alicyclic amines) is 1. The van der Waals surface area contributed by atoms with Crippen molar-refractivity contribution < 1.29 is 30.0 Å². The van der Waals surface area contributed by atoms with E-state index >= 15 is 0 Å². The topological polar surface area (TPSA) is 110 Å². The molecule has 0 amide bonds. The molecule has 7 heteroatoms. The fraction of sp³-hybridized carbons (Fsp3) is 0.846. The van der Waals surface area contributed by atoms with Crippen molar-refractivity contribution in [3.63, 3.8) is 0 Å². The van der Waals surface area contributed by atoms with E-state index in [9.17, 15) is 25.2 Å². The molecule has 2 aliphatic heterocycles. The Kier molecular flexibility index (Phi) is 5.15.